The first-order valence-corrected chi connectivity index (χ1v) is 11.7. The molecular weight excluding hydrogens is 468 g/mol. The van der Waals surface area contributed by atoms with Gasteiger partial charge in [0.1, 0.15) is 17.5 Å². The Kier molecular flexibility index (Phi) is 6.44. The van der Waals surface area contributed by atoms with E-state index in [1.54, 1.807) is 6.92 Å². The molecule has 0 unspecified atom stereocenters. The van der Waals surface area contributed by atoms with Crippen molar-refractivity contribution < 1.29 is 26.8 Å². The van der Waals surface area contributed by atoms with Crippen LogP contribution in [-0.2, 0) is 21.4 Å². The van der Waals surface area contributed by atoms with Crippen LogP contribution in [-0.4, -0.2) is 54.0 Å². The van der Waals surface area contributed by atoms with E-state index in [0.29, 0.717) is 5.56 Å². The van der Waals surface area contributed by atoms with Crippen LogP contribution in [0.25, 0.3) is 0 Å². The van der Waals surface area contributed by atoms with Crippen molar-refractivity contribution in [2.75, 3.05) is 25.0 Å². The minimum Gasteiger partial charge on any atom is -0.354 e. The number of aromatic nitrogens is 2. The number of hydrogen-bond acceptors (Lipinski definition) is 5. The van der Waals surface area contributed by atoms with Gasteiger partial charge >= 0.3 is 0 Å². The Labute approximate surface area is 194 Å². The molecule has 2 heterocycles. The molecule has 34 heavy (non-hydrogen) atoms. The molecular formula is C22H21F2N5O4S. The summed E-state index contributed by atoms with van der Waals surface area (Å²) in [6.07, 6.45) is 1.47. The predicted molar refractivity (Wildman–Crippen MR) is 119 cm³/mol. The fourth-order valence-electron chi connectivity index (χ4n) is 3.53. The number of anilines is 1. The van der Waals surface area contributed by atoms with Crippen molar-refractivity contribution in [3.8, 4) is 0 Å². The second-order valence-corrected chi connectivity index (χ2v) is 9.68. The van der Waals surface area contributed by atoms with E-state index in [0.717, 1.165) is 22.5 Å². The van der Waals surface area contributed by atoms with E-state index in [1.807, 2.05) is 0 Å². The zero-order valence-electron chi connectivity index (χ0n) is 18.1. The van der Waals surface area contributed by atoms with Crippen molar-refractivity contribution in [1.29, 1.82) is 0 Å². The molecule has 0 saturated carbocycles. The topological polar surface area (TPSA) is 113 Å². The molecule has 2 N–H and O–H groups in total. The van der Waals surface area contributed by atoms with E-state index in [9.17, 15) is 26.8 Å². The molecule has 0 aliphatic carbocycles. The third kappa shape index (κ3) is 4.82. The van der Waals surface area contributed by atoms with Crippen LogP contribution < -0.4 is 10.6 Å². The standard InChI is InChI=1S/C22H21F2N5O4S/c1-14-11-26-29(12-16-9-17(23)5-6-19(16)24)21(14)27-22(31)15-3-2-4-18(10-15)34(32,33)28-8-7-25-20(30)13-28/h2-6,9-11H,7-8,12-13H2,1H3,(H,25,30)(H,27,31). The van der Waals surface area contributed by atoms with Gasteiger partial charge in [-0.1, -0.05) is 6.07 Å². The van der Waals surface area contributed by atoms with Crippen LogP contribution >= 0.6 is 0 Å². The summed E-state index contributed by atoms with van der Waals surface area (Å²) in [4.78, 5) is 24.4. The Morgan fingerprint density at radius 3 is 2.76 bits per heavy atom. The molecule has 1 saturated heterocycles. The lowest BCUT2D eigenvalue weighted by Crippen LogP contribution is -2.49. The van der Waals surface area contributed by atoms with Gasteiger partial charge in [0.05, 0.1) is 24.2 Å². The molecule has 0 spiro atoms. The van der Waals surface area contributed by atoms with E-state index in [1.165, 1.54) is 35.1 Å². The van der Waals surface area contributed by atoms with Gasteiger partial charge in [-0.2, -0.15) is 9.40 Å². The Balaban J connectivity index is 1.57. The van der Waals surface area contributed by atoms with Gasteiger partial charge in [0.2, 0.25) is 15.9 Å². The van der Waals surface area contributed by atoms with E-state index < -0.39 is 33.5 Å². The third-order valence-electron chi connectivity index (χ3n) is 5.32. The van der Waals surface area contributed by atoms with Crippen LogP contribution in [0.4, 0.5) is 14.6 Å². The number of aryl methyl sites for hydroxylation is 1. The molecule has 1 aromatic heterocycles. The predicted octanol–water partition coefficient (Wildman–Crippen LogP) is 1.89. The lowest BCUT2D eigenvalue weighted by molar-refractivity contribution is -0.122. The summed E-state index contributed by atoms with van der Waals surface area (Å²) in [6, 6.07) is 8.51. The monoisotopic (exact) mass is 489 g/mol. The molecule has 2 aromatic carbocycles. The maximum Gasteiger partial charge on any atom is 0.256 e. The van der Waals surface area contributed by atoms with Crippen LogP contribution in [0.5, 0.6) is 0 Å². The number of sulfonamides is 1. The highest BCUT2D eigenvalue weighted by Crippen LogP contribution is 2.21. The summed E-state index contributed by atoms with van der Waals surface area (Å²) in [6.45, 7) is 1.59. The minimum absolute atomic E-state index is 0.0530. The average molecular weight is 490 g/mol. The maximum atomic E-state index is 14.1. The van der Waals surface area contributed by atoms with Crippen molar-refractivity contribution >= 4 is 27.7 Å². The van der Waals surface area contributed by atoms with Crippen molar-refractivity contribution in [3.63, 3.8) is 0 Å². The Morgan fingerprint density at radius 2 is 2.00 bits per heavy atom. The number of nitrogens with zero attached hydrogens (tertiary/aromatic N) is 3. The van der Waals surface area contributed by atoms with Crippen LogP contribution in [0, 0.1) is 18.6 Å². The van der Waals surface area contributed by atoms with E-state index >= 15 is 0 Å². The molecule has 12 heteroatoms. The number of carbonyl (C=O) groups excluding carboxylic acids is 2. The average Bonchev–Trinajstić information content (AvgIpc) is 3.15. The molecule has 0 radical (unpaired) electrons. The normalized spacial score (nSPS) is 14.6. The van der Waals surface area contributed by atoms with Crippen molar-refractivity contribution in [1.82, 2.24) is 19.4 Å². The number of halogens is 2. The van der Waals surface area contributed by atoms with E-state index in [2.05, 4.69) is 15.7 Å². The molecule has 178 valence electrons. The van der Waals surface area contributed by atoms with E-state index in [4.69, 9.17) is 0 Å². The number of hydrogen-bond donors (Lipinski definition) is 2. The van der Waals surface area contributed by atoms with Crippen molar-refractivity contribution in [2.45, 2.75) is 18.4 Å². The van der Waals surface area contributed by atoms with Gasteiger partial charge in [0, 0.05) is 29.8 Å². The number of carbonyl (C=O) groups is 2. The molecule has 1 fully saturated rings. The number of nitrogens with one attached hydrogen (secondary N) is 2. The van der Waals surface area contributed by atoms with Gasteiger partial charge in [-0.15, -0.1) is 0 Å². The van der Waals surface area contributed by atoms with Gasteiger partial charge in [-0.05, 0) is 43.3 Å². The fraction of sp³-hybridized carbons (Fsp3) is 0.227. The quantitative estimate of drug-likeness (QED) is 0.549. The molecule has 1 aliphatic rings. The zero-order chi connectivity index (χ0) is 24.5. The largest absolute Gasteiger partial charge is 0.354 e. The van der Waals surface area contributed by atoms with Crippen LogP contribution in [0.15, 0.2) is 53.6 Å². The number of piperazine rings is 1. The highest BCUT2D eigenvalue weighted by molar-refractivity contribution is 7.89. The Hall–Kier alpha value is -3.64. The van der Waals surface area contributed by atoms with Crippen molar-refractivity contribution in [2.24, 2.45) is 0 Å². The second-order valence-electron chi connectivity index (χ2n) is 7.74. The van der Waals surface area contributed by atoms with Gasteiger partial charge in [-0.3, -0.25) is 9.59 Å². The summed E-state index contributed by atoms with van der Waals surface area (Å²) in [5.74, 6) is -1.97. The summed E-state index contributed by atoms with van der Waals surface area (Å²) >= 11 is 0. The van der Waals surface area contributed by atoms with Crippen LogP contribution in [0.1, 0.15) is 21.5 Å². The van der Waals surface area contributed by atoms with Gasteiger partial charge in [0.25, 0.3) is 5.91 Å². The third-order valence-corrected chi connectivity index (χ3v) is 7.16. The molecule has 0 atom stereocenters. The number of amides is 2. The maximum absolute atomic E-state index is 14.1. The number of benzene rings is 2. The summed E-state index contributed by atoms with van der Waals surface area (Å²) in [5, 5.41) is 9.36. The zero-order valence-corrected chi connectivity index (χ0v) is 18.9. The molecule has 3 aromatic rings. The van der Waals surface area contributed by atoms with Gasteiger partial charge < -0.3 is 10.6 Å². The first-order valence-electron chi connectivity index (χ1n) is 10.3. The van der Waals surface area contributed by atoms with Crippen molar-refractivity contribution in [3.05, 3.63) is 77.0 Å². The highest BCUT2D eigenvalue weighted by atomic mass is 32.2. The molecule has 9 nitrogen and oxygen atoms in total. The van der Waals surface area contributed by atoms with Crippen LogP contribution in [0.3, 0.4) is 0 Å². The minimum atomic E-state index is -3.98. The molecule has 2 amide bonds. The summed E-state index contributed by atoms with van der Waals surface area (Å²) in [5.41, 5.74) is 0.692. The molecule has 0 bridgehead atoms. The first-order chi connectivity index (χ1) is 16.1. The van der Waals surface area contributed by atoms with Crippen LogP contribution in [0.2, 0.25) is 0 Å². The molecule has 4 rings (SSSR count). The highest BCUT2D eigenvalue weighted by Gasteiger charge is 2.29. The second kappa shape index (κ2) is 9.31. The Morgan fingerprint density at radius 1 is 1.21 bits per heavy atom. The number of rotatable bonds is 6. The fourth-order valence-corrected chi connectivity index (χ4v) is 4.98. The Bertz CT molecular complexity index is 1370. The summed E-state index contributed by atoms with van der Waals surface area (Å²) in [7, 11) is -3.98. The lowest BCUT2D eigenvalue weighted by Gasteiger charge is -2.26. The molecule has 1 aliphatic heterocycles. The van der Waals surface area contributed by atoms with E-state index in [-0.39, 0.29) is 48.0 Å². The smallest absolute Gasteiger partial charge is 0.256 e. The summed E-state index contributed by atoms with van der Waals surface area (Å²) < 4.78 is 55.8. The SMILES string of the molecule is Cc1cnn(Cc2cc(F)ccc2F)c1NC(=O)c1cccc(S(=O)(=O)N2CCNC(=O)C2)c1. The van der Waals surface area contributed by atoms with Gasteiger partial charge in [0.15, 0.2) is 0 Å². The lowest BCUT2D eigenvalue weighted by atomic mass is 10.2. The first kappa shape index (κ1) is 23.5. The van der Waals surface area contributed by atoms with Gasteiger partial charge in [-0.25, -0.2) is 21.9 Å².